The number of halogens is 1. The van der Waals surface area contributed by atoms with Gasteiger partial charge in [0.15, 0.2) is 0 Å². The number of hydrogen-bond acceptors (Lipinski definition) is 4. The molecule has 0 amide bonds. The summed E-state index contributed by atoms with van der Waals surface area (Å²) in [5.74, 6) is 0.825. The van der Waals surface area contributed by atoms with Crippen LogP contribution >= 0.6 is 12.4 Å². The molecule has 2 aliphatic rings. The monoisotopic (exact) mass is 381 g/mol. The van der Waals surface area contributed by atoms with Gasteiger partial charge < -0.3 is 20.3 Å². The Hall–Kier alpha value is -1.07. The van der Waals surface area contributed by atoms with E-state index in [0.29, 0.717) is 6.54 Å². The molecule has 1 aliphatic heterocycles. The van der Waals surface area contributed by atoms with E-state index < -0.39 is 12.2 Å². The van der Waals surface area contributed by atoms with Crippen LogP contribution in [0, 0.1) is 0 Å². The minimum Gasteiger partial charge on any atom is -0.483 e. The molecule has 0 spiro atoms. The molecule has 0 fully saturated rings. The summed E-state index contributed by atoms with van der Waals surface area (Å²) in [4.78, 5) is 0. The van der Waals surface area contributed by atoms with Crippen molar-refractivity contribution >= 4 is 18.0 Å². The van der Waals surface area contributed by atoms with E-state index in [2.05, 4.69) is 19.2 Å². The molecule has 146 valence electrons. The number of allylic oxidation sites excluding steroid dienone is 1. The Labute approximate surface area is 163 Å². The van der Waals surface area contributed by atoms with Crippen molar-refractivity contribution in [2.75, 3.05) is 6.54 Å². The molecule has 3 rings (SSSR count). The first kappa shape index (κ1) is 21.2. The summed E-state index contributed by atoms with van der Waals surface area (Å²) in [6.45, 7) is 8.67. The first-order valence-corrected chi connectivity index (χ1v) is 9.45. The quantitative estimate of drug-likeness (QED) is 0.721. The van der Waals surface area contributed by atoms with Crippen molar-refractivity contribution in [1.82, 2.24) is 5.32 Å². The fourth-order valence-electron chi connectivity index (χ4n) is 4.06. The summed E-state index contributed by atoms with van der Waals surface area (Å²) in [5, 5.41) is 24.5. The third-order valence-corrected chi connectivity index (χ3v) is 5.34. The second-order valence-electron chi connectivity index (χ2n) is 8.07. The first-order valence-electron chi connectivity index (χ1n) is 9.45. The molecule has 0 radical (unpaired) electrons. The maximum atomic E-state index is 10.8. The van der Waals surface area contributed by atoms with E-state index in [9.17, 15) is 10.2 Å². The van der Waals surface area contributed by atoms with Crippen molar-refractivity contribution in [3.63, 3.8) is 0 Å². The van der Waals surface area contributed by atoms with Gasteiger partial charge in [0.25, 0.3) is 0 Å². The highest BCUT2D eigenvalue weighted by atomic mass is 35.5. The fourth-order valence-corrected chi connectivity index (χ4v) is 4.06. The van der Waals surface area contributed by atoms with E-state index in [1.165, 1.54) is 17.6 Å². The number of aliphatic hydroxyl groups excluding tert-OH is 2. The largest absolute Gasteiger partial charge is 0.483 e. The second kappa shape index (κ2) is 8.30. The highest BCUT2D eigenvalue weighted by Crippen LogP contribution is 2.49. The van der Waals surface area contributed by atoms with Crippen molar-refractivity contribution < 1.29 is 14.9 Å². The SMILES string of the molecule is CC(C)NCC(O)C(O)c1cccc2c1C1=C(CCCC1)C(C)(C)O2.Cl. The van der Waals surface area contributed by atoms with Gasteiger partial charge in [0.05, 0.1) is 6.10 Å². The predicted octanol–water partition coefficient (Wildman–Crippen LogP) is 4.00. The van der Waals surface area contributed by atoms with Gasteiger partial charge in [-0.15, -0.1) is 12.4 Å². The Morgan fingerprint density at radius 1 is 1.15 bits per heavy atom. The lowest BCUT2D eigenvalue weighted by molar-refractivity contribution is 0.0175. The minimum atomic E-state index is -0.929. The maximum absolute atomic E-state index is 10.8. The maximum Gasteiger partial charge on any atom is 0.128 e. The molecule has 5 heteroatoms. The molecule has 3 N–H and O–H groups in total. The Bertz CT molecular complexity index is 669. The number of nitrogens with one attached hydrogen (secondary N) is 1. The highest BCUT2D eigenvalue weighted by Gasteiger charge is 2.38. The average Bonchev–Trinajstić information content (AvgIpc) is 2.58. The van der Waals surface area contributed by atoms with Gasteiger partial charge in [-0.3, -0.25) is 0 Å². The van der Waals surface area contributed by atoms with Gasteiger partial charge in [0.2, 0.25) is 0 Å². The summed E-state index contributed by atoms with van der Waals surface area (Å²) >= 11 is 0. The minimum absolute atomic E-state index is 0. The topological polar surface area (TPSA) is 61.7 Å². The van der Waals surface area contributed by atoms with E-state index in [1.807, 2.05) is 32.0 Å². The van der Waals surface area contributed by atoms with Crippen molar-refractivity contribution in [2.24, 2.45) is 0 Å². The van der Waals surface area contributed by atoms with Crippen LogP contribution in [0.1, 0.15) is 70.6 Å². The first-order chi connectivity index (χ1) is 11.8. The van der Waals surface area contributed by atoms with Crippen molar-refractivity contribution in [1.29, 1.82) is 0 Å². The number of fused-ring (bicyclic) bond motifs is 2. The number of rotatable bonds is 5. The highest BCUT2D eigenvalue weighted by molar-refractivity contribution is 5.85. The van der Waals surface area contributed by atoms with E-state index in [4.69, 9.17) is 4.74 Å². The molecule has 4 nitrogen and oxygen atoms in total. The molecule has 0 saturated carbocycles. The van der Waals surface area contributed by atoms with Crippen molar-refractivity contribution in [2.45, 2.75) is 77.2 Å². The van der Waals surface area contributed by atoms with E-state index in [0.717, 1.165) is 36.1 Å². The molecule has 0 aromatic heterocycles. The van der Waals surface area contributed by atoms with Crippen LogP contribution in [-0.4, -0.2) is 34.5 Å². The Balaban J connectivity index is 0.00000243. The van der Waals surface area contributed by atoms with Crippen LogP contribution < -0.4 is 10.1 Å². The molecule has 1 aliphatic carbocycles. The van der Waals surface area contributed by atoms with Crippen LogP contribution in [-0.2, 0) is 0 Å². The van der Waals surface area contributed by atoms with E-state index >= 15 is 0 Å². The van der Waals surface area contributed by atoms with Gasteiger partial charge in [0.1, 0.15) is 17.5 Å². The number of ether oxygens (including phenoxy) is 1. The van der Waals surface area contributed by atoms with E-state index in [-0.39, 0.29) is 24.0 Å². The van der Waals surface area contributed by atoms with Gasteiger partial charge in [-0.25, -0.2) is 0 Å². The molecule has 1 aromatic rings. The molecule has 1 heterocycles. The third kappa shape index (κ3) is 4.09. The van der Waals surface area contributed by atoms with Gasteiger partial charge in [-0.1, -0.05) is 26.0 Å². The Morgan fingerprint density at radius 2 is 1.85 bits per heavy atom. The molecule has 0 saturated heterocycles. The van der Waals surface area contributed by atoms with Gasteiger partial charge >= 0.3 is 0 Å². The summed E-state index contributed by atoms with van der Waals surface area (Å²) in [7, 11) is 0. The zero-order valence-electron chi connectivity index (χ0n) is 16.2. The molecule has 2 atom stereocenters. The molecule has 2 unspecified atom stereocenters. The van der Waals surface area contributed by atoms with E-state index in [1.54, 1.807) is 0 Å². The standard InChI is InChI=1S/C21H31NO3.ClH/c1-13(2)22-12-17(23)20(24)15-9-7-11-18-19(15)14-8-5-6-10-16(14)21(3,4)25-18;/h7,9,11,13,17,20,22-24H,5-6,8,10,12H2,1-4H3;1H. The third-order valence-electron chi connectivity index (χ3n) is 5.34. The Kier molecular flexibility index (Phi) is 6.78. The predicted molar refractivity (Wildman–Crippen MR) is 108 cm³/mol. The van der Waals surface area contributed by atoms with Crippen LogP contribution in [0.3, 0.4) is 0 Å². The summed E-state index contributed by atoms with van der Waals surface area (Å²) in [6, 6.07) is 6.07. The fraction of sp³-hybridized carbons (Fsp3) is 0.619. The molecular formula is C21H32ClNO3. The average molecular weight is 382 g/mol. The van der Waals surface area contributed by atoms with Crippen LogP contribution in [0.5, 0.6) is 5.75 Å². The van der Waals surface area contributed by atoms with Crippen molar-refractivity contribution in [3.8, 4) is 5.75 Å². The van der Waals surface area contributed by atoms with Gasteiger partial charge in [-0.2, -0.15) is 0 Å². The summed E-state index contributed by atoms with van der Waals surface area (Å²) in [5.41, 5.74) is 4.15. The zero-order chi connectivity index (χ0) is 18.2. The molecule has 1 aromatic carbocycles. The number of hydrogen-bond donors (Lipinski definition) is 3. The summed E-state index contributed by atoms with van der Waals surface area (Å²) in [6.07, 6.45) is 2.63. The molecular weight excluding hydrogens is 350 g/mol. The number of aliphatic hydroxyl groups is 2. The molecule has 26 heavy (non-hydrogen) atoms. The van der Waals surface area contributed by atoms with Gasteiger partial charge in [0, 0.05) is 18.2 Å². The number of benzene rings is 1. The van der Waals surface area contributed by atoms with Crippen LogP contribution in [0.25, 0.3) is 5.57 Å². The normalized spacial score (nSPS) is 20.6. The lowest BCUT2D eigenvalue weighted by atomic mass is 9.76. The van der Waals surface area contributed by atoms with Crippen LogP contribution in [0.2, 0.25) is 0 Å². The lowest BCUT2D eigenvalue weighted by Gasteiger charge is -2.40. The smallest absolute Gasteiger partial charge is 0.128 e. The second-order valence-corrected chi connectivity index (χ2v) is 8.07. The van der Waals surface area contributed by atoms with Gasteiger partial charge in [-0.05, 0) is 62.3 Å². The summed E-state index contributed by atoms with van der Waals surface area (Å²) < 4.78 is 6.29. The lowest BCUT2D eigenvalue weighted by Crippen LogP contribution is -2.38. The molecule has 0 bridgehead atoms. The van der Waals surface area contributed by atoms with Crippen molar-refractivity contribution in [3.05, 3.63) is 34.9 Å². The zero-order valence-corrected chi connectivity index (χ0v) is 17.0. The Morgan fingerprint density at radius 3 is 2.54 bits per heavy atom. The van der Waals surface area contributed by atoms with Crippen LogP contribution in [0.4, 0.5) is 0 Å². The van der Waals surface area contributed by atoms with Crippen LogP contribution in [0.15, 0.2) is 23.8 Å².